The molecular formula is C121H88N12O. The van der Waals surface area contributed by atoms with Gasteiger partial charge in [0.25, 0.3) is 0 Å². The number of methoxy groups -OCH3 is 1. The molecule has 0 saturated carbocycles. The summed E-state index contributed by atoms with van der Waals surface area (Å²) in [5.74, 6) is 0.726. The van der Waals surface area contributed by atoms with Gasteiger partial charge in [-0.3, -0.25) is 0 Å². The van der Waals surface area contributed by atoms with E-state index in [-0.39, 0.29) is 0 Å². The maximum atomic E-state index is 6.10. The molecule has 24 rings (SSSR count). The summed E-state index contributed by atoms with van der Waals surface area (Å²) in [7, 11) is 1.71. The van der Waals surface area contributed by atoms with Gasteiger partial charge >= 0.3 is 0 Å². The van der Waals surface area contributed by atoms with E-state index in [1.165, 1.54) is 0 Å². The van der Waals surface area contributed by atoms with Gasteiger partial charge in [0.05, 0.1) is 86.5 Å². The standard InChI is InChI=1S/C121H88N12O/c1-3-4-5-30-47-84-87-52-54-103(122-87)118(85-72-107-114(78-39-22-10-23-40-78)99-62-60-93(126-99)109(74-31-14-6-15-32-74)89-56-58-91(124-89)111(76-35-18-8-19-36-76)95-64-68-101(128-95)116(120(85)132-107)80-43-26-12-27-44-80)105-70-66-97(130-105)113(82-48-50-83(134-2)51-49-82)98-67-71-106(131-98)119(104-55-53-88(84)123-104)86-73-108-115(79-41-24-11-25-42-79)100-63-61-94(127-100)110(75-33-16-7-17-34-75)90-57-59-92(125-90)112(77-37-20-9-21-38-77)96-65-69-102(129-96)117(121(86)133-108)81-45-28-13-29-46-81/h6-29,31-46,48-73,122,124-125,131-133H,3-5,30,47H2,1-2H3. The molecule has 134 heavy (non-hydrogen) atoms. The Bertz CT molecular complexity index is 8140. The van der Waals surface area contributed by atoms with Gasteiger partial charge in [0.1, 0.15) is 5.75 Å². The molecule has 24 bridgehead atoms. The minimum Gasteiger partial charge on any atom is -0.497 e. The summed E-state index contributed by atoms with van der Waals surface area (Å²) in [6.07, 6.45) is 31.1. The molecule has 9 aromatic carbocycles. The summed E-state index contributed by atoms with van der Waals surface area (Å²) in [5.41, 5.74) is 42.0. The summed E-state index contributed by atoms with van der Waals surface area (Å²) in [6, 6.07) is 116. The van der Waals surface area contributed by atoms with Crippen LogP contribution in [0, 0.1) is 0 Å². The van der Waals surface area contributed by atoms with E-state index in [9.17, 15) is 0 Å². The van der Waals surface area contributed by atoms with Gasteiger partial charge in [0, 0.05) is 133 Å². The lowest BCUT2D eigenvalue weighted by molar-refractivity contribution is 0.415. The lowest BCUT2D eigenvalue weighted by atomic mass is 9.97. The van der Waals surface area contributed by atoms with Crippen LogP contribution in [0.1, 0.15) is 106 Å². The van der Waals surface area contributed by atoms with Gasteiger partial charge in [-0.1, -0.05) is 281 Å². The van der Waals surface area contributed by atoms with Crippen molar-refractivity contribution in [2.45, 2.75) is 39.0 Å². The number of unbranched alkanes of at least 4 members (excludes halogenated alkanes) is 3. The fourth-order valence-corrected chi connectivity index (χ4v) is 20.1. The first-order valence-electron chi connectivity index (χ1n) is 46.0. The minimum atomic E-state index is 0.726. The molecule has 0 spiro atoms. The number of hydrogen-bond donors (Lipinski definition) is 6. The van der Waals surface area contributed by atoms with Crippen molar-refractivity contribution >= 4 is 139 Å². The summed E-state index contributed by atoms with van der Waals surface area (Å²) in [5, 5.41) is 0. The normalized spacial score (nSPS) is 12.4. The number of H-pyrrole nitrogens is 6. The summed E-state index contributed by atoms with van der Waals surface area (Å²) in [6.45, 7) is 2.28. The van der Waals surface area contributed by atoms with Crippen LogP contribution in [0.2, 0.25) is 0 Å². The molecule has 0 amide bonds. The predicted octanol–water partition coefficient (Wildman–Crippen LogP) is 31.1. The maximum absolute atomic E-state index is 6.10. The molecular weight excluding hydrogens is 1640 g/mol. The second-order valence-electron chi connectivity index (χ2n) is 34.5. The molecule has 0 unspecified atom stereocenters. The van der Waals surface area contributed by atoms with E-state index < -0.39 is 0 Å². The highest BCUT2D eigenvalue weighted by atomic mass is 16.5. The highest BCUT2D eigenvalue weighted by molar-refractivity contribution is 6.12. The van der Waals surface area contributed by atoms with Gasteiger partial charge in [-0.25, -0.2) is 29.9 Å². The highest BCUT2D eigenvalue weighted by Crippen LogP contribution is 2.49. The van der Waals surface area contributed by atoms with E-state index in [1.54, 1.807) is 7.11 Å². The van der Waals surface area contributed by atoms with Crippen LogP contribution in [-0.2, 0) is 6.42 Å². The third-order valence-electron chi connectivity index (χ3n) is 26.3. The number of hydrogen-bond acceptors (Lipinski definition) is 7. The smallest absolute Gasteiger partial charge is 0.118 e. The van der Waals surface area contributed by atoms with Gasteiger partial charge < -0.3 is 34.6 Å². The summed E-state index contributed by atoms with van der Waals surface area (Å²) < 4.78 is 5.97. The fourth-order valence-electron chi connectivity index (χ4n) is 20.1. The average molecular weight is 1730 g/mol. The molecule has 0 radical (unpaired) electrons. The number of fused-ring (bicyclic) bond motifs is 24. The third kappa shape index (κ3) is 14.6. The molecule has 15 heterocycles. The number of nitrogens with zero attached hydrogens (tertiary/aromatic N) is 6. The van der Waals surface area contributed by atoms with Crippen LogP contribution in [0.5, 0.6) is 5.75 Å². The highest BCUT2D eigenvalue weighted by Gasteiger charge is 2.29. The molecule has 638 valence electrons. The van der Waals surface area contributed by atoms with E-state index in [2.05, 4.69) is 425 Å². The Labute approximate surface area is 774 Å². The Morgan fingerprint density at radius 1 is 0.201 bits per heavy atom. The second kappa shape index (κ2) is 34.2. The van der Waals surface area contributed by atoms with Crippen molar-refractivity contribution in [1.29, 1.82) is 0 Å². The number of rotatable bonds is 17. The minimum absolute atomic E-state index is 0.726. The monoisotopic (exact) mass is 1720 g/mol. The van der Waals surface area contributed by atoms with E-state index in [0.717, 1.165) is 300 Å². The molecule has 6 aliphatic heterocycles. The Hall–Kier alpha value is -17.4. The number of ether oxygens (including phenoxy) is 1. The largest absolute Gasteiger partial charge is 0.497 e. The molecule has 0 saturated heterocycles. The van der Waals surface area contributed by atoms with Crippen LogP contribution in [0.25, 0.3) is 262 Å². The van der Waals surface area contributed by atoms with Gasteiger partial charge in [0.2, 0.25) is 0 Å². The number of aromatic amines is 6. The van der Waals surface area contributed by atoms with Crippen LogP contribution in [0.4, 0.5) is 0 Å². The molecule has 0 atom stereocenters. The van der Waals surface area contributed by atoms with E-state index >= 15 is 0 Å². The van der Waals surface area contributed by atoms with Gasteiger partial charge in [-0.2, -0.15) is 0 Å². The lowest BCUT2D eigenvalue weighted by Crippen LogP contribution is -1.93. The SMILES string of the molecule is CCCCCCc1c2nc(c(-c3cc4[nH]c3c(-c3ccccc3)c3nc(c(-c5ccccc5)c5ccc([nH]5)c(-c5ccccc5)c5nc(c4-c4ccccc4)C=C5)C=C3)c3ccc([nH]3)c(-c3ccc(OC)cc3)c3nc(c(-c4cc5[nH]c4c(-c4ccccc4)c4nc(c(-c6ccccc6)c6ccc([nH]6)c(-c6ccccc6)c6nc(c5-c5ccccc5)C=C6)C=C4)c4ccc1[nH]4)C=C3)C=C2. The Morgan fingerprint density at radius 2 is 0.425 bits per heavy atom. The Balaban J connectivity index is 0.845. The third-order valence-corrected chi connectivity index (χ3v) is 26.3. The zero-order valence-electron chi connectivity index (χ0n) is 73.7. The molecule has 6 N–H and O–H groups in total. The van der Waals surface area contributed by atoms with Crippen molar-refractivity contribution in [3.05, 3.63) is 401 Å². The number of aryl methyl sites for hydroxylation is 1. The summed E-state index contributed by atoms with van der Waals surface area (Å²) in [4.78, 5) is 60.4. The number of nitrogens with one attached hydrogen (secondary N) is 6. The van der Waals surface area contributed by atoms with Crippen molar-refractivity contribution in [2.24, 2.45) is 0 Å². The van der Waals surface area contributed by atoms with Crippen LogP contribution >= 0.6 is 0 Å². The van der Waals surface area contributed by atoms with Gasteiger partial charge in [-0.15, -0.1) is 0 Å². The molecule has 13 heteroatoms. The quantitative estimate of drug-likeness (QED) is 0.0491. The second-order valence-corrected chi connectivity index (χ2v) is 34.5. The maximum Gasteiger partial charge on any atom is 0.118 e. The predicted molar refractivity (Wildman–Crippen MR) is 558 cm³/mol. The van der Waals surface area contributed by atoms with Crippen LogP contribution < -0.4 is 4.74 Å². The van der Waals surface area contributed by atoms with Crippen molar-refractivity contribution in [1.82, 2.24) is 59.8 Å². The van der Waals surface area contributed by atoms with Crippen molar-refractivity contribution in [3.63, 3.8) is 0 Å². The lowest BCUT2D eigenvalue weighted by Gasteiger charge is -2.09. The number of aromatic nitrogens is 12. The summed E-state index contributed by atoms with van der Waals surface area (Å²) >= 11 is 0. The molecule has 9 aromatic heterocycles. The first kappa shape index (κ1) is 79.9. The van der Waals surface area contributed by atoms with Crippen LogP contribution in [0.3, 0.4) is 0 Å². The first-order chi connectivity index (χ1) is 66.3. The molecule has 6 aliphatic rings. The molecule has 0 aliphatic carbocycles. The van der Waals surface area contributed by atoms with Crippen molar-refractivity contribution in [3.8, 4) is 128 Å². The zero-order chi connectivity index (χ0) is 89.1. The van der Waals surface area contributed by atoms with Crippen molar-refractivity contribution < 1.29 is 4.74 Å². The fraction of sp³-hybridized carbons (Fsp3) is 0.0579. The van der Waals surface area contributed by atoms with Crippen LogP contribution in [-0.4, -0.2) is 66.9 Å². The number of benzene rings is 9. The Kier molecular flexibility index (Phi) is 20.4. The van der Waals surface area contributed by atoms with Crippen LogP contribution in [0.15, 0.2) is 328 Å². The first-order valence-corrected chi connectivity index (χ1v) is 46.0. The van der Waals surface area contributed by atoms with E-state index in [0.29, 0.717) is 0 Å². The molecule has 18 aromatic rings. The van der Waals surface area contributed by atoms with Gasteiger partial charge in [-0.05, 0) is 209 Å². The van der Waals surface area contributed by atoms with Gasteiger partial charge in [0.15, 0.2) is 0 Å². The van der Waals surface area contributed by atoms with E-state index in [1.807, 2.05) is 12.1 Å². The average Bonchev–Trinajstić information content (AvgIpc) is 1.59. The Morgan fingerprint density at radius 3 is 0.709 bits per heavy atom. The van der Waals surface area contributed by atoms with E-state index in [4.69, 9.17) is 34.6 Å². The zero-order valence-corrected chi connectivity index (χ0v) is 73.7. The van der Waals surface area contributed by atoms with Crippen molar-refractivity contribution in [2.75, 3.05) is 7.11 Å². The topological polar surface area (TPSA) is 181 Å². The molecule has 0 fully saturated rings. The molecule has 13 nitrogen and oxygen atoms in total.